The van der Waals surface area contributed by atoms with Gasteiger partial charge in [0.2, 0.25) is 5.91 Å². The SMILES string of the molecule is COC1CCC2C(C1)C(C1CCC(Cl)CC1)=N[C@@H](CC(=O)NCCNC(=O)OC(C)(C)C)C1NNC(C)N21. The van der Waals surface area contributed by atoms with Gasteiger partial charge >= 0.3 is 6.09 Å². The number of carbonyl (C=O) groups excluding carboxylic acids is 2. The first kappa shape index (κ1) is 29.5. The average Bonchev–Trinajstić information content (AvgIpc) is 3.18. The van der Waals surface area contributed by atoms with Crippen molar-refractivity contribution in [3.05, 3.63) is 0 Å². The van der Waals surface area contributed by atoms with E-state index >= 15 is 0 Å². The van der Waals surface area contributed by atoms with E-state index in [2.05, 4.69) is 33.3 Å². The zero-order valence-corrected chi connectivity index (χ0v) is 24.4. The first-order chi connectivity index (χ1) is 18.1. The average molecular weight is 555 g/mol. The van der Waals surface area contributed by atoms with Gasteiger partial charge in [-0.25, -0.2) is 15.6 Å². The Balaban J connectivity index is 1.47. The van der Waals surface area contributed by atoms with Gasteiger partial charge in [-0.2, -0.15) is 0 Å². The lowest BCUT2D eigenvalue weighted by Crippen LogP contribution is -2.55. The number of hydrogen-bond donors (Lipinski definition) is 4. The van der Waals surface area contributed by atoms with Crippen LogP contribution in [0.15, 0.2) is 4.99 Å². The molecule has 0 spiro atoms. The summed E-state index contributed by atoms with van der Waals surface area (Å²) in [5.41, 5.74) is 7.57. The normalized spacial score (nSPS) is 35.9. The monoisotopic (exact) mass is 554 g/mol. The number of aliphatic imine (C=N–C) groups is 1. The predicted octanol–water partition coefficient (Wildman–Crippen LogP) is 2.90. The lowest BCUT2D eigenvalue weighted by Gasteiger charge is -2.44. The van der Waals surface area contributed by atoms with Gasteiger partial charge in [0, 0.05) is 43.2 Å². The third kappa shape index (κ3) is 7.38. The standard InChI is InChI=1S/C27H47ClN6O4/c1-16-32-33-25-21(15-23(35)29-12-13-30-26(36)38-27(2,3)4)31-24(17-6-8-18(28)9-7-17)20-14-19(37-5)10-11-22(20)34(16)25/h16-22,25,32-33H,6-15H2,1-5H3,(H,29,35)(H,30,36)/t16?,17?,18?,19?,20?,21-,22?,25?/m0/s1. The molecular formula is C27H47ClN6O4. The number of nitrogens with zero attached hydrogens (tertiary/aromatic N) is 2. The maximum atomic E-state index is 13.1. The number of halogens is 1. The molecule has 4 rings (SSSR count). The molecule has 2 aliphatic carbocycles. The van der Waals surface area contributed by atoms with Crippen molar-refractivity contribution >= 4 is 29.3 Å². The predicted molar refractivity (Wildman–Crippen MR) is 148 cm³/mol. The van der Waals surface area contributed by atoms with Gasteiger partial charge in [-0.15, -0.1) is 11.6 Å². The van der Waals surface area contributed by atoms with E-state index in [-0.39, 0.29) is 42.2 Å². The minimum absolute atomic E-state index is 0.0656. The maximum Gasteiger partial charge on any atom is 0.407 e. The Kier molecular flexibility index (Phi) is 9.95. The van der Waals surface area contributed by atoms with Crippen molar-refractivity contribution in [2.24, 2.45) is 16.8 Å². The van der Waals surface area contributed by atoms with E-state index in [4.69, 9.17) is 26.1 Å². The molecule has 2 aliphatic heterocycles. The Bertz CT molecular complexity index is 859. The quantitative estimate of drug-likeness (QED) is 0.282. The van der Waals surface area contributed by atoms with Crippen LogP contribution in [0, 0.1) is 11.8 Å². The van der Waals surface area contributed by atoms with Gasteiger partial charge in [-0.05, 0) is 78.6 Å². The summed E-state index contributed by atoms with van der Waals surface area (Å²) in [6, 6.07) is 0.129. The molecule has 216 valence electrons. The van der Waals surface area contributed by atoms with Gasteiger partial charge < -0.3 is 20.1 Å². The molecule has 2 amide bonds. The van der Waals surface area contributed by atoms with Crippen molar-refractivity contribution in [1.29, 1.82) is 0 Å². The molecular weight excluding hydrogens is 508 g/mol. The van der Waals surface area contributed by atoms with Crippen molar-refractivity contribution in [2.45, 2.75) is 121 Å². The van der Waals surface area contributed by atoms with Crippen molar-refractivity contribution in [2.75, 3.05) is 20.2 Å². The number of amides is 2. The van der Waals surface area contributed by atoms with E-state index in [9.17, 15) is 9.59 Å². The zero-order chi connectivity index (χ0) is 27.4. The molecule has 4 aliphatic rings. The Hall–Kier alpha value is -1.46. The summed E-state index contributed by atoms with van der Waals surface area (Å²) >= 11 is 6.47. The maximum absolute atomic E-state index is 13.1. The molecule has 0 aromatic carbocycles. The van der Waals surface area contributed by atoms with Crippen molar-refractivity contribution in [3.8, 4) is 0 Å². The summed E-state index contributed by atoms with van der Waals surface area (Å²) < 4.78 is 11.1. The molecule has 6 atom stereocenters. The largest absolute Gasteiger partial charge is 0.444 e. The molecule has 3 fully saturated rings. The van der Waals surface area contributed by atoms with Gasteiger partial charge in [0.05, 0.1) is 30.9 Å². The van der Waals surface area contributed by atoms with E-state index in [0.29, 0.717) is 31.0 Å². The Morgan fingerprint density at radius 1 is 1.08 bits per heavy atom. The van der Waals surface area contributed by atoms with Crippen molar-refractivity contribution < 1.29 is 19.1 Å². The first-order valence-electron chi connectivity index (χ1n) is 14.3. The van der Waals surface area contributed by atoms with Gasteiger partial charge in [0.25, 0.3) is 0 Å². The molecule has 2 heterocycles. The van der Waals surface area contributed by atoms with Crippen LogP contribution in [0.3, 0.4) is 0 Å². The lowest BCUT2D eigenvalue weighted by atomic mass is 9.72. The number of methoxy groups -OCH3 is 1. The van der Waals surface area contributed by atoms with E-state index < -0.39 is 11.7 Å². The minimum Gasteiger partial charge on any atom is -0.444 e. The first-order valence-corrected chi connectivity index (χ1v) is 14.8. The summed E-state index contributed by atoms with van der Waals surface area (Å²) in [4.78, 5) is 32.9. The number of rotatable bonds is 7. The highest BCUT2D eigenvalue weighted by Crippen LogP contribution is 2.41. The number of alkyl halides is 1. The van der Waals surface area contributed by atoms with Crippen LogP contribution < -0.4 is 21.5 Å². The number of nitrogens with one attached hydrogen (secondary N) is 4. The minimum atomic E-state index is -0.558. The molecule has 0 aromatic heterocycles. The second-order valence-corrected chi connectivity index (χ2v) is 12.9. The van der Waals surface area contributed by atoms with Crippen LogP contribution in [-0.4, -0.2) is 84.3 Å². The van der Waals surface area contributed by atoms with Crippen molar-refractivity contribution in [3.63, 3.8) is 0 Å². The van der Waals surface area contributed by atoms with E-state index in [1.807, 2.05) is 27.9 Å². The van der Waals surface area contributed by atoms with Gasteiger partial charge in [0.15, 0.2) is 0 Å². The van der Waals surface area contributed by atoms with Crippen LogP contribution in [-0.2, 0) is 14.3 Å². The topological polar surface area (TPSA) is 116 Å². The van der Waals surface area contributed by atoms with E-state index in [1.54, 1.807) is 0 Å². The summed E-state index contributed by atoms with van der Waals surface area (Å²) in [5.74, 6) is 0.637. The van der Waals surface area contributed by atoms with Crippen LogP contribution in [0.5, 0.6) is 0 Å². The molecule has 10 nitrogen and oxygen atoms in total. The molecule has 5 unspecified atom stereocenters. The second-order valence-electron chi connectivity index (χ2n) is 12.3. The number of hydrazine groups is 1. The molecule has 0 aromatic rings. The Morgan fingerprint density at radius 2 is 1.79 bits per heavy atom. The van der Waals surface area contributed by atoms with E-state index in [1.165, 1.54) is 5.71 Å². The summed E-state index contributed by atoms with van der Waals surface area (Å²) in [6.45, 7) is 8.26. The molecule has 0 bridgehead atoms. The summed E-state index contributed by atoms with van der Waals surface area (Å²) in [7, 11) is 1.81. The zero-order valence-electron chi connectivity index (χ0n) is 23.6. The van der Waals surface area contributed by atoms with Crippen LogP contribution in [0.1, 0.15) is 79.1 Å². The fourth-order valence-electron chi connectivity index (χ4n) is 6.60. The molecule has 1 saturated heterocycles. The fourth-order valence-corrected chi connectivity index (χ4v) is 6.86. The highest BCUT2D eigenvalue weighted by atomic mass is 35.5. The Morgan fingerprint density at radius 3 is 2.47 bits per heavy atom. The highest BCUT2D eigenvalue weighted by Gasteiger charge is 2.50. The Labute approximate surface area is 232 Å². The van der Waals surface area contributed by atoms with Crippen LogP contribution in [0.4, 0.5) is 4.79 Å². The highest BCUT2D eigenvalue weighted by molar-refractivity contribution is 6.20. The molecule has 38 heavy (non-hydrogen) atoms. The number of alkyl carbamates (subject to hydrolysis) is 1. The van der Waals surface area contributed by atoms with E-state index in [0.717, 1.165) is 44.9 Å². The smallest absolute Gasteiger partial charge is 0.407 e. The van der Waals surface area contributed by atoms with Crippen molar-refractivity contribution in [1.82, 2.24) is 26.4 Å². The molecule has 11 heteroatoms. The summed E-state index contributed by atoms with van der Waals surface area (Å²) in [5, 5.41) is 5.89. The van der Waals surface area contributed by atoms with Crippen LogP contribution in [0.2, 0.25) is 0 Å². The molecule has 2 saturated carbocycles. The van der Waals surface area contributed by atoms with Crippen LogP contribution >= 0.6 is 11.6 Å². The van der Waals surface area contributed by atoms with Gasteiger partial charge in [-0.1, -0.05) is 0 Å². The van der Waals surface area contributed by atoms with Gasteiger partial charge in [-0.3, -0.25) is 14.7 Å². The number of hydrogen-bond acceptors (Lipinski definition) is 8. The number of carbonyl (C=O) groups is 2. The molecule has 4 N–H and O–H groups in total. The number of fused-ring (bicyclic) bond motifs is 3. The molecule has 0 radical (unpaired) electrons. The fraction of sp³-hybridized carbons (Fsp3) is 0.889. The third-order valence-corrected chi connectivity index (χ3v) is 8.77. The number of ether oxygens (including phenoxy) is 2. The lowest BCUT2D eigenvalue weighted by molar-refractivity contribution is -0.121. The van der Waals surface area contributed by atoms with Gasteiger partial charge in [0.1, 0.15) is 5.60 Å². The summed E-state index contributed by atoms with van der Waals surface area (Å²) in [6.07, 6.45) is 7.27. The van der Waals surface area contributed by atoms with Crippen LogP contribution in [0.25, 0.3) is 0 Å². The third-order valence-electron chi connectivity index (χ3n) is 8.33. The second kappa shape index (κ2) is 12.8.